The first kappa shape index (κ1) is 12.0. The van der Waals surface area contributed by atoms with E-state index in [0.717, 1.165) is 13.3 Å². The van der Waals surface area contributed by atoms with E-state index in [1.807, 2.05) is 0 Å². The molecule has 0 N–H and O–H groups in total. The van der Waals surface area contributed by atoms with Gasteiger partial charge in [0.05, 0.1) is 16.2 Å². The molecule has 1 rings (SSSR count). The second kappa shape index (κ2) is 4.64. The van der Waals surface area contributed by atoms with Crippen LogP contribution in [0, 0.1) is 13.7 Å². The first-order chi connectivity index (χ1) is 6.99. The number of nitrogens with zero attached hydrogens (tertiary/aromatic N) is 2. The topological polar surface area (TPSA) is 65.3 Å². The summed E-state index contributed by atoms with van der Waals surface area (Å²) < 4.78 is 29.9. The van der Waals surface area contributed by atoms with E-state index in [4.69, 9.17) is 0 Å². The van der Waals surface area contributed by atoms with Crippen molar-refractivity contribution >= 4 is 28.4 Å². The van der Waals surface area contributed by atoms with Gasteiger partial charge in [-0.25, -0.2) is 8.78 Å². The van der Waals surface area contributed by atoms with Gasteiger partial charge >= 0.3 is 5.82 Å². The number of hydrogen-bond donors (Lipinski definition) is 0. The van der Waals surface area contributed by atoms with E-state index < -0.39 is 28.5 Å². The number of aromatic nitrogens is 1. The molecule has 8 heteroatoms. The summed E-state index contributed by atoms with van der Waals surface area (Å²) in [6, 6.07) is 0. The van der Waals surface area contributed by atoms with Crippen LogP contribution >= 0.6 is 22.6 Å². The Hall–Kier alpha value is -1.06. The van der Waals surface area contributed by atoms with Gasteiger partial charge in [0.25, 0.3) is 6.43 Å². The van der Waals surface area contributed by atoms with E-state index in [1.165, 1.54) is 0 Å². The van der Waals surface area contributed by atoms with Crippen LogP contribution in [0.25, 0.3) is 0 Å². The molecule has 0 aliphatic rings. The molecule has 0 spiro atoms. The summed E-state index contributed by atoms with van der Waals surface area (Å²) in [6.07, 6.45) is -1.82. The largest absolute Gasteiger partial charge is 0.489 e. The smallest absolute Gasteiger partial charge is 0.406 e. The van der Waals surface area contributed by atoms with E-state index in [1.54, 1.807) is 22.6 Å². The molecule has 0 aromatic carbocycles. The highest BCUT2D eigenvalue weighted by atomic mass is 127. The summed E-state index contributed by atoms with van der Waals surface area (Å²) in [5.41, 5.74) is -0.500. The second-order valence-electron chi connectivity index (χ2n) is 2.43. The fraction of sp³-hybridized carbons (Fsp3) is 0.286. The molecular weight excluding hydrogens is 325 g/mol. The molecule has 0 fully saturated rings. The summed E-state index contributed by atoms with van der Waals surface area (Å²) >= 11 is 1.62. The van der Waals surface area contributed by atoms with Crippen molar-refractivity contribution in [3.05, 3.63) is 25.4 Å². The monoisotopic (exact) mass is 330 g/mol. The third-order valence-corrected chi connectivity index (χ3v) is 2.46. The van der Waals surface area contributed by atoms with Crippen LogP contribution < -0.4 is 4.74 Å². The zero-order valence-electron chi connectivity index (χ0n) is 7.41. The molecule has 0 radical (unpaired) electrons. The van der Waals surface area contributed by atoms with Crippen LogP contribution in [0.1, 0.15) is 12.0 Å². The van der Waals surface area contributed by atoms with E-state index in [0.29, 0.717) is 0 Å². The summed E-state index contributed by atoms with van der Waals surface area (Å²) in [5, 5.41) is 10.5. The van der Waals surface area contributed by atoms with Gasteiger partial charge in [-0.1, -0.05) is 0 Å². The number of alkyl halides is 2. The summed E-state index contributed by atoms with van der Waals surface area (Å²) in [4.78, 5) is 13.0. The van der Waals surface area contributed by atoms with Crippen molar-refractivity contribution in [2.45, 2.75) is 6.43 Å². The lowest BCUT2D eigenvalue weighted by Gasteiger charge is -2.08. The van der Waals surface area contributed by atoms with Gasteiger partial charge in [-0.3, -0.25) is 0 Å². The van der Waals surface area contributed by atoms with E-state index >= 15 is 0 Å². The molecule has 1 aromatic rings. The van der Waals surface area contributed by atoms with Crippen LogP contribution in [0.5, 0.6) is 5.75 Å². The van der Waals surface area contributed by atoms with Gasteiger partial charge in [0, 0.05) is 0 Å². The van der Waals surface area contributed by atoms with Crippen LogP contribution in [-0.2, 0) is 0 Å². The van der Waals surface area contributed by atoms with Gasteiger partial charge in [-0.15, -0.1) is 0 Å². The van der Waals surface area contributed by atoms with Crippen molar-refractivity contribution in [1.29, 1.82) is 0 Å². The number of halogens is 3. The Morgan fingerprint density at radius 3 is 2.67 bits per heavy atom. The molecule has 0 aliphatic heterocycles. The van der Waals surface area contributed by atoms with Crippen molar-refractivity contribution in [2.75, 3.05) is 7.11 Å². The first-order valence-corrected chi connectivity index (χ1v) is 4.71. The van der Waals surface area contributed by atoms with Crippen LogP contribution in [0.3, 0.4) is 0 Å². The van der Waals surface area contributed by atoms with E-state index in [-0.39, 0.29) is 3.57 Å². The minimum absolute atomic E-state index is 0.130. The van der Waals surface area contributed by atoms with Crippen molar-refractivity contribution < 1.29 is 18.4 Å². The van der Waals surface area contributed by atoms with Gasteiger partial charge in [0.2, 0.25) is 5.75 Å². The highest BCUT2D eigenvalue weighted by Gasteiger charge is 2.28. The predicted molar refractivity (Wildman–Crippen MR) is 55.1 cm³/mol. The van der Waals surface area contributed by atoms with Crippen LogP contribution in [-0.4, -0.2) is 17.0 Å². The SMILES string of the molecule is COc1c([N+](=O)[O-])ncc(I)c1C(F)F. The fourth-order valence-electron chi connectivity index (χ4n) is 1.01. The number of rotatable bonds is 3. The maximum atomic E-state index is 12.6. The number of nitro groups is 1. The lowest BCUT2D eigenvalue weighted by atomic mass is 10.2. The Labute approximate surface area is 96.7 Å². The maximum Gasteiger partial charge on any atom is 0.406 e. The molecule has 0 unspecified atom stereocenters. The van der Waals surface area contributed by atoms with Crippen molar-refractivity contribution in [2.24, 2.45) is 0 Å². The van der Waals surface area contributed by atoms with Crippen LogP contribution in [0.4, 0.5) is 14.6 Å². The lowest BCUT2D eigenvalue weighted by Crippen LogP contribution is -2.03. The molecule has 0 atom stereocenters. The number of pyridine rings is 1. The standard InChI is InChI=1S/C7H5F2IN2O3/c1-15-5-4(6(8)9)3(10)2-11-7(5)12(13)14/h2,6H,1H3. The van der Waals surface area contributed by atoms with E-state index in [2.05, 4.69) is 9.72 Å². The maximum absolute atomic E-state index is 12.6. The minimum Gasteiger partial charge on any atom is -0.489 e. The van der Waals surface area contributed by atoms with Crippen molar-refractivity contribution in [3.63, 3.8) is 0 Å². The third-order valence-electron chi connectivity index (χ3n) is 1.60. The molecule has 0 amide bonds. The van der Waals surface area contributed by atoms with Gasteiger partial charge in [-0.2, -0.15) is 0 Å². The van der Waals surface area contributed by atoms with E-state index in [9.17, 15) is 18.9 Å². The van der Waals surface area contributed by atoms with Gasteiger partial charge in [0.15, 0.2) is 6.20 Å². The quantitative estimate of drug-likeness (QED) is 0.485. The Balaban J connectivity index is 3.47. The van der Waals surface area contributed by atoms with Gasteiger partial charge in [-0.05, 0) is 32.5 Å². The van der Waals surface area contributed by atoms with Crippen LogP contribution in [0.15, 0.2) is 6.20 Å². The molecule has 5 nitrogen and oxygen atoms in total. The first-order valence-electron chi connectivity index (χ1n) is 3.64. The summed E-state index contributed by atoms with van der Waals surface area (Å²) in [5.74, 6) is -1.19. The number of methoxy groups -OCH3 is 1. The average Bonchev–Trinajstić information content (AvgIpc) is 2.15. The normalized spacial score (nSPS) is 10.5. The third kappa shape index (κ3) is 2.30. The Bertz CT molecular complexity index is 400. The molecule has 15 heavy (non-hydrogen) atoms. The Morgan fingerprint density at radius 1 is 1.67 bits per heavy atom. The summed E-state index contributed by atoms with van der Waals surface area (Å²) in [6.45, 7) is 0. The Kier molecular flexibility index (Phi) is 3.72. The number of hydrogen-bond acceptors (Lipinski definition) is 4. The highest BCUT2D eigenvalue weighted by molar-refractivity contribution is 14.1. The molecule has 1 heterocycles. The lowest BCUT2D eigenvalue weighted by molar-refractivity contribution is -0.390. The predicted octanol–water partition coefficient (Wildman–Crippen LogP) is 2.54. The number of ether oxygens (including phenoxy) is 1. The highest BCUT2D eigenvalue weighted by Crippen LogP contribution is 2.37. The summed E-state index contributed by atoms with van der Waals surface area (Å²) in [7, 11) is 1.09. The molecule has 0 aliphatic carbocycles. The minimum atomic E-state index is -2.84. The molecule has 82 valence electrons. The van der Waals surface area contributed by atoms with Crippen LogP contribution in [0.2, 0.25) is 0 Å². The fourth-order valence-corrected chi connectivity index (χ4v) is 1.63. The van der Waals surface area contributed by atoms with Crippen molar-refractivity contribution in [1.82, 2.24) is 4.98 Å². The molecule has 0 saturated heterocycles. The molecule has 0 saturated carbocycles. The van der Waals surface area contributed by atoms with Gasteiger partial charge < -0.3 is 14.9 Å². The zero-order chi connectivity index (χ0) is 11.6. The second-order valence-corrected chi connectivity index (χ2v) is 3.60. The average molecular weight is 330 g/mol. The molecular formula is C7H5F2IN2O3. The zero-order valence-corrected chi connectivity index (χ0v) is 9.57. The molecule has 0 bridgehead atoms. The molecule has 1 aromatic heterocycles. The van der Waals surface area contributed by atoms with Crippen molar-refractivity contribution in [3.8, 4) is 5.75 Å². The Morgan fingerprint density at radius 2 is 2.27 bits per heavy atom. The van der Waals surface area contributed by atoms with Gasteiger partial charge in [0.1, 0.15) is 0 Å².